The molecule has 9 heteroatoms. The van der Waals surface area contributed by atoms with E-state index in [1.165, 1.54) is 0 Å². The largest absolute Gasteiger partial charge is 0.376 e. The summed E-state index contributed by atoms with van der Waals surface area (Å²) in [6, 6.07) is 3.74. The molecule has 3 aromatic rings. The molecule has 0 aromatic carbocycles. The Kier molecular flexibility index (Phi) is 4.19. The predicted octanol–water partition coefficient (Wildman–Crippen LogP) is 2.45. The van der Waals surface area contributed by atoms with Gasteiger partial charge in [-0.3, -0.25) is 0 Å². The van der Waals surface area contributed by atoms with E-state index in [1.807, 2.05) is 33.6 Å². The number of pyridine rings is 1. The van der Waals surface area contributed by atoms with Gasteiger partial charge in [0.05, 0.1) is 23.4 Å². The number of nitrogens with zero attached hydrogens (tertiary/aromatic N) is 6. The fourth-order valence-corrected chi connectivity index (χ4v) is 3.56. The van der Waals surface area contributed by atoms with E-state index >= 15 is 0 Å². The number of halogens is 1. The van der Waals surface area contributed by atoms with Gasteiger partial charge in [0.2, 0.25) is 5.16 Å². The molecular formula is C14H15ClN6OS. The van der Waals surface area contributed by atoms with Crippen molar-refractivity contribution in [1.82, 2.24) is 29.6 Å². The van der Waals surface area contributed by atoms with Crippen molar-refractivity contribution < 1.29 is 4.74 Å². The molecule has 0 aliphatic carbocycles. The van der Waals surface area contributed by atoms with E-state index in [-0.39, 0.29) is 6.10 Å². The molecule has 0 amide bonds. The Balaban J connectivity index is 1.44. The second-order valence-corrected chi connectivity index (χ2v) is 6.79. The number of rotatable bonds is 5. The molecule has 1 fully saturated rings. The van der Waals surface area contributed by atoms with Crippen LogP contribution < -0.4 is 0 Å². The first kappa shape index (κ1) is 14.9. The highest BCUT2D eigenvalue weighted by Gasteiger charge is 2.19. The number of hydrogen-bond acceptors (Lipinski definition) is 6. The zero-order chi connectivity index (χ0) is 15.6. The van der Waals surface area contributed by atoms with Crippen molar-refractivity contribution in [1.29, 1.82) is 0 Å². The van der Waals surface area contributed by atoms with Crippen molar-refractivity contribution in [2.75, 3.05) is 6.61 Å². The molecule has 0 saturated carbocycles. The van der Waals surface area contributed by atoms with Crippen molar-refractivity contribution in [3.63, 3.8) is 0 Å². The maximum Gasteiger partial charge on any atom is 0.209 e. The first-order chi connectivity index (χ1) is 11.3. The van der Waals surface area contributed by atoms with Gasteiger partial charge in [-0.1, -0.05) is 23.4 Å². The number of aromatic nitrogens is 6. The van der Waals surface area contributed by atoms with E-state index in [4.69, 9.17) is 16.3 Å². The molecule has 1 aliphatic heterocycles. The van der Waals surface area contributed by atoms with Gasteiger partial charge in [-0.2, -0.15) is 0 Å². The molecule has 120 valence electrons. The number of thioether (sulfide) groups is 1. The van der Waals surface area contributed by atoms with Gasteiger partial charge in [0.1, 0.15) is 5.65 Å². The van der Waals surface area contributed by atoms with Crippen LogP contribution in [0.4, 0.5) is 0 Å². The van der Waals surface area contributed by atoms with Crippen LogP contribution in [0.5, 0.6) is 0 Å². The summed E-state index contributed by atoms with van der Waals surface area (Å²) in [6.45, 7) is 1.54. The molecule has 0 unspecified atom stereocenters. The van der Waals surface area contributed by atoms with Crippen LogP contribution in [0.25, 0.3) is 5.65 Å². The minimum Gasteiger partial charge on any atom is -0.376 e. The molecule has 4 heterocycles. The SMILES string of the molecule is Clc1ccc2nc(CSc3nnnn3C[C@H]3CCCO3)cn2c1. The molecule has 1 aliphatic rings. The summed E-state index contributed by atoms with van der Waals surface area (Å²) in [6.07, 6.45) is 6.22. The molecule has 0 bridgehead atoms. The minimum atomic E-state index is 0.218. The van der Waals surface area contributed by atoms with E-state index in [9.17, 15) is 0 Å². The van der Waals surface area contributed by atoms with Crippen LogP contribution in [-0.4, -0.2) is 42.3 Å². The number of tetrazole rings is 1. The first-order valence-corrected chi connectivity index (χ1v) is 8.78. The van der Waals surface area contributed by atoms with Gasteiger partial charge in [0, 0.05) is 24.8 Å². The molecular weight excluding hydrogens is 336 g/mol. The van der Waals surface area contributed by atoms with Crippen LogP contribution >= 0.6 is 23.4 Å². The van der Waals surface area contributed by atoms with Gasteiger partial charge in [-0.15, -0.1) is 5.10 Å². The Morgan fingerprint density at radius 3 is 3.17 bits per heavy atom. The summed E-state index contributed by atoms with van der Waals surface area (Å²) in [5.74, 6) is 0.700. The summed E-state index contributed by atoms with van der Waals surface area (Å²) < 4.78 is 9.38. The molecule has 3 aromatic heterocycles. The lowest BCUT2D eigenvalue weighted by Gasteiger charge is -2.09. The van der Waals surface area contributed by atoms with E-state index < -0.39 is 0 Å². The molecule has 0 radical (unpaired) electrons. The third-order valence-electron chi connectivity index (χ3n) is 3.71. The van der Waals surface area contributed by atoms with E-state index in [0.29, 0.717) is 17.3 Å². The first-order valence-electron chi connectivity index (χ1n) is 7.41. The molecule has 23 heavy (non-hydrogen) atoms. The number of fused-ring (bicyclic) bond motifs is 1. The summed E-state index contributed by atoms with van der Waals surface area (Å²) >= 11 is 7.56. The molecule has 4 rings (SSSR count). The Hall–Kier alpha value is -1.64. The molecule has 1 atom stereocenters. The van der Waals surface area contributed by atoms with E-state index in [0.717, 1.165) is 35.9 Å². The molecule has 7 nitrogen and oxygen atoms in total. The van der Waals surface area contributed by atoms with E-state index in [2.05, 4.69) is 20.5 Å². The van der Waals surface area contributed by atoms with Crippen LogP contribution in [0.3, 0.4) is 0 Å². The van der Waals surface area contributed by atoms with Gasteiger partial charge in [-0.05, 0) is 35.4 Å². The lowest BCUT2D eigenvalue weighted by atomic mass is 10.2. The summed E-state index contributed by atoms with van der Waals surface area (Å²) in [7, 11) is 0. The minimum absolute atomic E-state index is 0.218. The lowest BCUT2D eigenvalue weighted by molar-refractivity contribution is 0.0912. The maximum absolute atomic E-state index is 5.99. The quantitative estimate of drug-likeness (QED) is 0.658. The fraction of sp³-hybridized carbons (Fsp3) is 0.429. The van der Waals surface area contributed by atoms with Crippen LogP contribution in [0.1, 0.15) is 18.5 Å². The fourth-order valence-electron chi connectivity index (χ4n) is 2.62. The monoisotopic (exact) mass is 350 g/mol. The predicted molar refractivity (Wildman–Crippen MR) is 86.6 cm³/mol. The Labute approximate surface area is 142 Å². The Bertz CT molecular complexity index is 813. The Morgan fingerprint density at radius 2 is 2.30 bits per heavy atom. The highest BCUT2D eigenvalue weighted by molar-refractivity contribution is 7.98. The van der Waals surface area contributed by atoms with Gasteiger partial charge in [0.25, 0.3) is 0 Å². The second kappa shape index (κ2) is 6.46. The van der Waals surface area contributed by atoms with Gasteiger partial charge in [0.15, 0.2) is 0 Å². The van der Waals surface area contributed by atoms with Crippen LogP contribution in [0, 0.1) is 0 Å². The van der Waals surface area contributed by atoms with E-state index in [1.54, 1.807) is 11.8 Å². The molecule has 1 saturated heterocycles. The average Bonchev–Trinajstić information content (AvgIpc) is 3.26. The van der Waals surface area contributed by atoms with Crippen LogP contribution in [0.2, 0.25) is 5.02 Å². The Morgan fingerprint density at radius 1 is 1.35 bits per heavy atom. The topological polar surface area (TPSA) is 70.1 Å². The normalized spacial score (nSPS) is 18.0. The second-order valence-electron chi connectivity index (χ2n) is 5.41. The standard InChI is InChI=1S/C14H15ClN6OS/c15-10-3-4-13-16-11(7-20(13)6-10)9-23-14-17-18-19-21(14)8-12-2-1-5-22-12/h3-4,6-7,12H,1-2,5,8-9H2/t12-/m1/s1. The van der Waals surface area contributed by atoms with Crippen molar-refractivity contribution in [3.8, 4) is 0 Å². The zero-order valence-corrected chi connectivity index (χ0v) is 13.9. The third kappa shape index (κ3) is 3.34. The van der Waals surface area contributed by atoms with Gasteiger partial charge in [-0.25, -0.2) is 9.67 Å². The van der Waals surface area contributed by atoms with Crippen LogP contribution in [-0.2, 0) is 17.0 Å². The number of hydrogen-bond donors (Lipinski definition) is 0. The average molecular weight is 351 g/mol. The number of imidazole rings is 1. The molecule has 0 spiro atoms. The zero-order valence-electron chi connectivity index (χ0n) is 12.3. The number of ether oxygens (including phenoxy) is 1. The van der Waals surface area contributed by atoms with Gasteiger partial charge >= 0.3 is 0 Å². The van der Waals surface area contributed by atoms with Crippen molar-refractivity contribution in [3.05, 3.63) is 35.2 Å². The van der Waals surface area contributed by atoms with Gasteiger partial charge < -0.3 is 9.14 Å². The smallest absolute Gasteiger partial charge is 0.209 e. The van der Waals surface area contributed by atoms with Crippen molar-refractivity contribution in [2.24, 2.45) is 0 Å². The third-order valence-corrected chi connectivity index (χ3v) is 4.93. The summed E-state index contributed by atoms with van der Waals surface area (Å²) in [4.78, 5) is 4.57. The van der Waals surface area contributed by atoms with Crippen molar-refractivity contribution >= 4 is 29.0 Å². The maximum atomic E-state index is 5.99. The highest BCUT2D eigenvalue weighted by Crippen LogP contribution is 2.22. The highest BCUT2D eigenvalue weighted by atomic mass is 35.5. The summed E-state index contributed by atoms with van der Waals surface area (Å²) in [5, 5.41) is 13.4. The van der Waals surface area contributed by atoms with Crippen molar-refractivity contribution in [2.45, 2.75) is 36.4 Å². The van der Waals surface area contributed by atoms with Crippen LogP contribution in [0.15, 0.2) is 29.7 Å². The molecule has 0 N–H and O–H groups in total. The lowest BCUT2D eigenvalue weighted by Crippen LogP contribution is -2.16. The summed E-state index contributed by atoms with van der Waals surface area (Å²) in [5.41, 5.74) is 1.84.